The van der Waals surface area contributed by atoms with E-state index in [0.717, 1.165) is 0 Å². The van der Waals surface area contributed by atoms with Crippen molar-refractivity contribution in [3.05, 3.63) is 22.8 Å². The zero-order valence-electron chi connectivity index (χ0n) is 7.10. The van der Waals surface area contributed by atoms with Crippen molar-refractivity contribution >= 4 is 17.6 Å². The van der Waals surface area contributed by atoms with E-state index in [1.54, 1.807) is 0 Å². The fraction of sp³-hybridized carbons (Fsp3) is 0.444. The lowest BCUT2D eigenvalue weighted by molar-refractivity contribution is -0.133. The summed E-state index contributed by atoms with van der Waals surface area (Å²) in [5, 5.41) is 9.25. The highest BCUT2D eigenvalue weighted by atomic mass is 35.5. The number of allylic oxidation sites excluding steroid dienone is 3. The largest absolute Gasteiger partial charge is 0.478 e. The Morgan fingerprint density at radius 1 is 1.67 bits per heavy atom. The van der Waals surface area contributed by atoms with Crippen LogP contribution < -0.4 is 0 Å². The Labute approximate surface area is 76.5 Å². The minimum atomic E-state index is -0.880. The van der Waals surface area contributed by atoms with Gasteiger partial charge in [-0.3, -0.25) is 0 Å². The minimum absolute atomic E-state index is 0.139. The predicted molar refractivity (Wildman–Crippen MR) is 48.1 cm³/mol. The molecule has 0 unspecified atom stereocenters. The lowest BCUT2D eigenvalue weighted by Gasteiger charge is -2.24. The topological polar surface area (TPSA) is 37.3 Å². The summed E-state index contributed by atoms with van der Waals surface area (Å²) in [5.74, 6) is -0.880. The maximum absolute atomic E-state index is 10.6. The average molecular weight is 187 g/mol. The summed E-state index contributed by atoms with van der Waals surface area (Å²) in [4.78, 5) is 10.6. The van der Waals surface area contributed by atoms with Crippen molar-refractivity contribution in [2.24, 2.45) is 5.41 Å². The van der Waals surface area contributed by atoms with Crippen LogP contribution in [0, 0.1) is 5.41 Å². The Bertz CT molecular complexity index is 274. The highest BCUT2D eigenvalue weighted by Gasteiger charge is 2.24. The second kappa shape index (κ2) is 2.94. The molecule has 0 aromatic rings. The minimum Gasteiger partial charge on any atom is -0.478 e. The van der Waals surface area contributed by atoms with Crippen LogP contribution in [-0.4, -0.2) is 11.1 Å². The van der Waals surface area contributed by atoms with E-state index >= 15 is 0 Å². The maximum Gasteiger partial charge on any atom is 0.331 e. The molecule has 1 aliphatic rings. The van der Waals surface area contributed by atoms with Gasteiger partial charge >= 0.3 is 5.97 Å². The first-order valence-corrected chi connectivity index (χ1v) is 4.11. The summed E-state index contributed by atoms with van der Waals surface area (Å²) in [5.41, 5.74) is 0.243. The monoisotopic (exact) mass is 186 g/mol. The summed E-state index contributed by atoms with van der Waals surface area (Å²) in [7, 11) is 0. The van der Waals surface area contributed by atoms with Gasteiger partial charge in [0.25, 0.3) is 0 Å². The molecule has 1 rings (SSSR count). The first-order chi connectivity index (χ1) is 5.41. The van der Waals surface area contributed by atoms with Gasteiger partial charge in [-0.1, -0.05) is 31.5 Å². The first-order valence-electron chi connectivity index (χ1n) is 3.73. The van der Waals surface area contributed by atoms with Gasteiger partial charge in [-0.15, -0.1) is 0 Å². The number of rotatable bonds is 1. The smallest absolute Gasteiger partial charge is 0.331 e. The van der Waals surface area contributed by atoms with Gasteiger partial charge in [0.1, 0.15) is 0 Å². The fourth-order valence-corrected chi connectivity index (χ4v) is 1.74. The molecule has 0 fully saturated rings. The van der Waals surface area contributed by atoms with E-state index in [9.17, 15) is 4.79 Å². The molecule has 1 aliphatic carbocycles. The van der Waals surface area contributed by atoms with Gasteiger partial charge in [0.05, 0.1) is 0 Å². The van der Waals surface area contributed by atoms with E-state index in [2.05, 4.69) is 0 Å². The van der Waals surface area contributed by atoms with Crippen LogP contribution >= 0.6 is 11.6 Å². The molecular weight excluding hydrogens is 176 g/mol. The number of halogens is 1. The van der Waals surface area contributed by atoms with E-state index in [1.807, 2.05) is 19.9 Å². The van der Waals surface area contributed by atoms with Crippen LogP contribution in [0.3, 0.4) is 0 Å². The molecular formula is C9H11ClO2. The van der Waals surface area contributed by atoms with Crippen molar-refractivity contribution in [3.8, 4) is 0 Å². The predicted octanol–water partition coefficient (Wildman–Crippen LogP) is 2.55. The Kier molecular flexibility index (Phi) is 2.29. The van der Waals surface area contributed by atoms with Crippen LogP contribution in [0.15, 0.2) is 22.8 Å². The molecule has 0 aromatic carbocycles. The third-order valence-corrected chi connectivity index (χ3v) is 1.98. The van der Waals surface area contributed by atoms with Gasteiger partial charge in [-0.25, -0.2) is 4.79 Å². The SMILES string of the molecule is CC1(C)C=C(Cl)C=C(C(=O)O)C1. The van der Waals surface area contributed by atoms with Crippen molar-refractivity contribution in [1.29, 1.82) is 0 Å². The van der Waals surface area contributed by atoms with E-state index in [4.69, 9.17) is 16.7 Å². The summed E-state index contributed by atoms with van der Waals surface area (Å²) in [6, 6.07) is 0. The number of hydrogen-bond donors (Lipinski definition) is 1. The summed E-state index contributed by atoms with van der Waals surface area (Å²) < 4.78 is 0. The highest BCUT2D eigenvalue weighted by Crippen LogP contribution is 2.34. The molecule has 0 aromatic heterocycles. The second-order valence-corrected chi connectivity index (χ2v) is 4.11. The van der Waals surface area contributed by atoms with Gasteiger partial charge in [0.15, 0.2) is 0 Å². The van der Waals surface area contributed by atoms with Crippen molar-refractivity contribution in [2.75, 3.05) is 0 Å². The summed E-state index contributed by atoms with van der Waals surface area (Å²) in [6.45, 7) is 3.93. The lowest BCUT2D eigenvalue weighted by Crippen LogP contribution is -2.16. The first kappa shape index (κ1) is 9.33. The molecule has 2 nitrogen and oxygen atoms in total. The number of hydrogen-bond acceptors (Lipinski definition) is 1. The zero-order chi connectivity index (χ0) is 9.35. The molecule has 0 heterocycles. The van der Waals surface area contributed by atoms with Crippen LogP contribution in [0.2, 0.25) is 0 Å². The third-order valence-electron chi connectivity index (χ3n) is 1.76. The molecule has 1 N–H and O–H groups in total. The van der Waals surface area contributed by atoms with Gasteiger partial charge in [-0.2, -0.15) is 0 Å². The standard InChI is InChI=1S/C9H11ClO2/c1-9(2)4-6(8(11)12)3-7(10)5-9/h3,5H,4H2,1-2H3,(H,11,12). The Morgan fingerprint density at radius 3 is 2.67 bits per heavy atom. The molecule has 0 aliphatic heterocycles. The molecule has 12 heavy (non-hydrogen) atoms. The van der Waals surface area contributed by atoms with Crippen molar-refractivity contribution < 1.29 is 9.90 Å². The van der Waals surface area contributed by atoms with E-state index < -0.39 is 5.97 Å². The van der Waals surface area contributed by atoms with Gasteiger partial charge < -0.3 is 5.11 Å². The molecule has 3 heteroatoms. The Hall–Kier alpha value is -0.760. The van der Waals surface area contributed by atoms with Crippen LogP contribution in [0.1, 0.15) is 20.3 Å². The van der Waals surface area contributed by atoms with Gasteiger partial charge in [0, 0.05) is 10.6 Å². The summed E-state index contributed by atoms with van der Waals surface area (Å²) >= 11 is 5.76. The number of carbonyl (C=O) groups is 1. The molecule has 0 radical (unpaired) electrons. The van der Waals surface area contributed by atoms with Crippen molar-refractivity contribution in [1.82, 2.24) is 0 Å². The quantitative estimate of drug-likeness (QED) is 0.684. The van der Waals surface area contributed by atoms with E-state index in [-0.39, 0.29) is 5.41 Å². The lowest BCUT2D eigenvalue weighted by atomic mass is 9.82. The number of carboxylic acids is 1. The fourth-order valence-electron chi connectivity index (χ4n) is 1.31. The second-order valence-electron chi connectivity index (χ2n) is 3.67. The highest BCUT2D eigenvalue weighted by molar-refractivity contribution is 6.31. The average Bonchev–Trinajstić information content (AvgIpc) is 1.82. The molecule has 0 spiro atoms. The molecule has 66 valence electrons. The van der Waals surface area contributed by atoms with Crippen LogP contribution in [0.25, 0.3) is 0 Å². The molecule has 0 saturated heterocycles. The maximum atomic E-state index is 10.6. The van der Waals surface area contributed by atoms with Crippen LogP contribution in [-0.2, 0) is 4.79 Å². The number of aliphatic carboxylic acids is 1. The zero-order valence-corrected chi connectivity index (χ0v) is 7.85. The van der Waals surface area contributed by atoms with Crippen LogP contribution in [0.4, 0.5) is 0 Å². The van der Waals surface area contributed by atoms with Gasteiger partial charge in [-0.05, 0) is 17.9 Å². The molecule has 0 bridgehead atoms. The molecule has 0 amide bonds. The third kappa shape index (κ3) is 2.11. The van der Waals surface area contributed by atoms with E-state index in [1.165, 1.54) is 6.08 Å². The summed E-state index contributed by atoms with van der Waals surface area (Å²) in [6.07, 6.45) is 3.93. The van der Waals surface area contributed by atoms with Crippen LogP contribution in [0.5, 0.6) is 0 Å². The molecule has 0 atom stereocenters. The van der Waals surface area contributed by atoms with E-state index in [0.29, 0.717) is 17.0 Å². The number of carboxylic acid groups (broad SMARTS) is 1. The van der Waals surface area contributed by atoms with Crippen molar-refractivity contribution in [2.45, 2.75) is 20.3 Å². The Morgan fingerprint density at radius 2 is 2.25 bits per heavy atom. The normalized spacial score (nSPS) is 21.2. The molecule has 0 saturated carbocycles. The Balaban J connectivity index is 2.96. The van der Waals surface area contributed by atoms with Crippen molar-refractivity contribution in [3.63, 3.8) is 0 Å². The van der Waals surface area contributed by atoms with Gasteiger partial charge in [0.2, 0.25) is 0 Å².